The van der Waals surface area contributed by atoms with Crippen LogP contribution in [-0.2, 0) is 14.4 Å². The molecule has 1 saturated heterocycles. The molecular weight excluding hydrogens is 366 g/mol. The SMILES string of the molecule is CC(=O)NC(C)(C)CC(C)(C)C(=O)NCCCC[C@@H]1NC(C)(C)CC(C)(C)C1=O. The molecule has 0 aromatic rings. The Kier molecular flexibility index (Phi) is 8.08. The van der Waals surface area contributed by atoms with Crippen LogP contribution in [0.25, 0.3) is 0 Å². The van der Waals surface area contributed by atoms with E-state index in [1.165, 1.54) is 6.92 Å². The summed E-state index contributed by atoms with van der Waals surface area (Å²) in [5.41, 5.74) is -1.36. The van der Waals surface area contributed by atoms with Gasteiger partial charge in [-0.25, -0.2) is 0 Å². The highest BCUT2D eigenvalue weighted by Gasteiger charge is 2.44. The van der Waals surface area contributed by atoms with Crippen LogP contribution in [0, 0.1) is 10.8 Å². The number of Topliss-reactive ketones (excluding diaryl/α,β-unsaturated/α-hetero) is 1. The van der Waals surface area contributed by atoms with E-state index in [1.54, 1.807) is 0 Å². The van der Waals surface area contributed by atoms with Crippen LogP contribution in [0.5, 0.6) is 0 Å². The largest absolute Gasteiger partial charge is 0.356 e. The third-order valence-corrected chi connectivity index (χ3v) is 5.65. The second-order valence-corrected chi connectivity index (χ2v) is 11.4. The predicted octanol–water partition coefficient (Wildman–Crippen LogP) is 3.34. The highest BCUT2D eigenvalue weighted by molar-refractivity contribution is 5.90. The summed E-state index contributed by atoms with van der Waals surface area (Å²) in [7, 11) is 0. The highest BCUT2D eigenvalue weighted by atomic mass is 16.2. The molecule has 29 heavy (non-hydrogen) atoms. The first kappa shape index (κ1) is 25.6. The van der Waals surface area contributed by atoms with Crippen molar-refractivity contribution in [3.63, 3.8) is 0 Å². The maximum Gasteiger partial charge on any atom is 0.225 e. The van der Waals surface area contributed by atoms with Crippen molar-refractivity contribution in [3.05, 3.63) is 0 Å². The lowest BCUT2D eigenvalue weighted by atomic mass is 9.70. The van der Waals surface area contributed by atoms with Gasteiger partial charge in [-0.15, -0.1) is 0 Å². The Labute approximate surface area is 177 Å². The van der Waals surface area contributed by atoms with Gasteiger partial charge in [-0.1, -0.05) is 27.7 Å². The second kappa shape index (κ2) is 9.15. The zero-order valence-electron chi connectivity index (χ0n) is 20.0. The average Bonchev–Trinajstić information content (AvgIpc) is 2.47. The van der Waals surface area contributed by atoms with Gasteiger partial charge in [0.25, 0.3) is 0 Å². The predicted molar refractivity (Wildman–Crippen MR) is 118 cm³/mol. The molecule has 6 nitrogen and oxygen atoms in total. The van der Waals surface area contributed by atoms with Crippen molar-refractivity contribution in [2.24, 2.45) is 10.8 Å². The van der Waals surface area contributed by atoms with Gasteiger partial charge in [0.15, 0.2) is 5.78 Å². The zero-order chi connectivity index (χ0) is 22.7. The molecule has 1 aliphatic rings. The summed E-state index contributed by atoms with van der Waals surface area (Å²) < 4.78 is 0. The molecule has 1 atom stereocenters. The van der Waals surface area contributed by atoms with Crippen molar-refractivity contribution in [2.75, 3.05) is 6.54 Å². The number of hydrogen-bond donors (Lipinski definition) is 3. The first-order valence-corrected chi connectivity index (χ1v) is 10.9. The molecule has 0 saturated carbocycles. The van der Waals surface area contributed by atoms with Gasteiger partial charge in [0.05, 0.1) is 6.04 Å². The topological polar surface area (TPSA) is 87.3 Å². The summed E-state index contributed by atoms with van der Waals surface area (Å²) in [6.07, 6.45) is 3.91. The first-order valence-electron chi connectivity index (χ1n) is 10.9. The number of carbonyl (C=O) groups is 3. The second-order valence-electron chi connectivity index (χ2n) is 11.4. The van der Waals surface area contributed by atoms with Gasteiger partial charge in [-0.05, 0) is 59.8 Å². The molecule has 168 valence electrons. The van der Waals surface area contributed by atoms with E-state index in [2.05, 4.69) is 29.8 Å². The summed E-state index contributed by atoms with van der Waals surface area (Å²) in [6.45, 7) is 18.1. The van der Waals surface area contributed by atoms with Crippen LogP contribution in [0.1, 0.15) is 94.4 Å². The third kappa shape index (κ3) is 8.07. The number of amides is 2. The minimum absolute atomic E-state index is 0.00920. The van der Waals surface area contributed by atoms with Crippen molar-refractivity contribution >= 4 is 17.6 Å². The summed E-state index contributed by atoms with van der Waals surface area (Å²) >= 11 is 0. The molecule has 1 rings (SSSR count). The number of rotatable bonds is 9. The number of hydrogen-bond acceptors (Lipinski definition) is 4. The number of ketones is 1. The molecule has 6 heteroatoms. The molecule has 1 fully saturated rings. The van der Waals surface area contributed by atoms with Crippen LogP contribution < -0.4 is 16.0 Å². The van der Waals surface area contributed by atoms with Crippen LogP contribution in [0.15, 0.2) is 0 Å². The van der Waals surface area contributed by atoms with Crippen LogP contribution in [0.2, 0.25) is 0 Å². The molecule has 0 aromatic carbocycles. The van der Waals surface area contributed by atoms with E-state index in [1.807, 2.05) is 41.5 Å². The molecule has 3 N–H and O–H groups in total. The molecule has 0 unspecified atom stereocenters. The van der Waals surface area contributed by atoms with Gasteiger partial charge in [-0.3, -0.25) is 14.4 Å². The number of unbranched alkanes of at least 4 members (excludes halogenated alkanes) is 1. The molecular formula is C23H43N3O3. The standard InChI is InChI=1S/C23H43N3O3/c1-16(27)25-22(6,7)15-21(4,5)19(29)24-13-11-10-12-17-18(28)20(2,3)14-23(8,9)26-17/h17,26H,10-15H2,1-9H3,(H,24,29)(H,25,27)/t17-/m0/s1. The van der Waals surface area contributed by atoms with E-state index in [0.717, 1.165) is 25.7 Å². The first-order chi connectivity index (χ1) is 13.0. The Morgan fingerprint density at radius 3 is 2.24 bits per heavy atom. The van der Waals surface area contributed by atoms with Gasteiger partial charge >= 0.3 is 0 Å². The zero-order valence-corrected chi connectivity index (χ0v) is 20.0. The van der Waals surface area contributed by atoms with E-state index >= 15 is 0 Å². The highest BCUT2D eigenvalue weighted by Crippen LogP contribution is 2.35. The maximum atomic E-state index is 12.7. The monoisotopic (exact) mass is 409 g/mol. The van der Waals surface area contributed by atoms with Crippen LogP contribution in [-0.4, -0.2) is 41.3 Å². The van der Waals surface area contributed by atoms with Crippen LogP contribution in [0.4, 0.5) is 0 Å². The quantitative estimate of drug-likeness (QED) is 0.510. The lowest BCUT2D eigenvalue weighted by Gasteiger charge is -2.44. The van der Waals surface area contributed by atoms with Gasteiger partial charge in [-0.2, -0.15) is 0 Å². The average molecular weight is 410 g/mol. The lowest BCUT2D eigenvalue weighted by Crippen LogP contribution is -2.60. The summed E-state index contributed by atoms with van der Waals surface area (Å²) in [5.74, 6) is 0.190. The van der Waals surface area contributed by atoms with E-state index in [9.17, 15) is 14.4 Å². The molecule has 0 spiro atoms. The molecule has 1 heterocycles. The Hall–Kier alpha value is -1.43. The van der Waals surface area contributed by atoms with Crippen LogP contribution >= 0.6 is 0 Å². The fourth-order valence-electron chi connectivity index (χ4n) is 5.08. The molecule has 0 aromatic heterocycles. The molecule has 0 aliphatic carbocycles. The number of piperidine rings is 1. The van der Waals surface area contributed by atoms with Gasteiger partial charge in [0, 0.05) is 35.4 Å². The Balaban J connectivity index is 2.45. The van der Waals surface area contributed by atoms with Gasteiger partial charge < -0.3 is 16.0 Å². The molecule has 0 bridgehead atoms. The fourth-order valence-corrected chi connectivity index (χ4v) is 5.08. The minimum atomic E-state index is -0.582. The fraction of sp³-hybridized carbons (Fsp3) is 0.870. The number of nitrogens with one attached hydrogen (secondary N) is 3. The van der Waals surface area contributed by atoms with Crippen molar-refractivity contribution in [1.29, 1.82) is 0 Å². The summed E-state index contributed by atoms with van der Waals surface area (Å²) in [6, 6.07) is -0.112. The summed E-state index contributed by atoms with van der Waals surface area (Å²) in [4.78, 5) is 36.7. The lowest BCUT2D eigenvalue weighted by molar-refractivity contribution is -0.134. The molecule has 1 aliphatic heterocycles. The van der Waals surface area contributed by atoms with Gasteiger partial charge in [0.1, 0.15) is 0 Å². The van der Waals surface area contributed by atoms with E-state index in [0.29, 0.717) is 18.7 Å². The molecule has 2 amide bonds. The van der Waals surface area contributed by atoms with Crippen molar-refractivity contribution in [3.8, 4) is 0 Å². The smallest absolute Gasteiger partial charge is 0.225 e. The summed E-state index contributed by atoms with van der Waals surface area (Å²) in [5, 5.41) is 9.42. The van der Waals surface area contributed by atoms with Crippen molar-refractivity contribution in [2.45, 2.75) is 112 Å². The Morgan fingerprint density at radius 2 is 1.69 bits per heavy atom. The van der Waals surface area contributed by atoms with E-state index in [4.69, 9.17) is 0 Å². The molecule has 0 radical (unpaired) electrons. The maximum absolute atomic E-state index is 12.7. The minimum Gasteiger partial charge on any atom is -0.356 e. The van der Waals surface area contributed by atoms with Crippen molar-refractivity contribution in [1.82, 2.24) is 16.0 Å². The third-order valence-electron chi connectivity index (χ3n) is 5.65. The normalized spacial score (nSPS) is 21.6. The van der Waals surface area contributed by atoms with Crippen LogP contribution in [0.3, 0.4) is 0 Å². The van der Waals surface area contributed by atoms with E-state index < -0.39 is 11.0 Å². The number of carbonyl (C=O) groups excluding carboxylic acids is 3. The van der Waals surface area contributed by atoms with Crippen molar-refractivity contribution < 1.29 is 14.4 Å². The van der Waals surface area contributed by atoms with Gasteiger partial charge in [0.2, 0.25) is 11.8 Å². The Morgan fingerprint density at radius 1 is 1.10 bits per heavy atom. The van der Waals surface area contributed by atoms with E-state index in [-0.39, 0.29) is 28.8 Å². The Bertz CT molecular complexity index is 621.